The molecule has 1 heterocycles. The van der Waals surface area contributed by atoms with Gasteiger partial charge in [0, 0.05) is 16.7 Å². The summed E-state index contributed by atoms with van der Waals surface area (Å²) >= 11 is 1.59. The number of nitrogens with one attached hydrogen (secondary N) is 1. The molecule has 6 heteroatoms. The van der Waals surface area contributed by atoms with Gasteiger partial charge in [0.2, 0.25) is 0 Å². The largest absolute Gasteiger partial charge is 0.486 e. The predicted molar refractivity (Wildman–Crippen MR) is 82.2 cm³/mol. The predicted octanol–water partition coefficient (Wildman–Crippen LogP) is 2.09. The molecule has 1 aliphatic rings. The zero-order valence-corrected chi connectivity index (χ0v) is 13.4. The van der Waals surface area contributed by atoms with E-state index in [1.165, 1.54) is 7.11 Å². The van der Waals surface area contributed by atoms with Crippen molar-refractivity contribution in [3.8, 4) is 11.5 Å². The first kappa shape index (κ1) is 16.0. The Kier molecular flexibility index (Phi) is 5.76. The Morgan fingerprint density at radius 1 is 1.33 bits per heavy atom. The van der Waals surface area contributed by atoms with Crippen molar-refractivity contribution in [3.63, 3.8) is 0 Å². The number of rotatable bonds is 6. The molecule has 0 spiro atoms. The van der Waals surface area contributed by atoms with Crippen LogP contribution in [0.1, 0.15) is 13.8 Å². The lowest BCUT2D eigenvalue weighted by atomic mass is 10.3. The Balaban J connectivity index is 1.98. The molecule has 5 nitrogen and oxygen atoms in total. The summed E-state index contributed by atoms with van der Waals surface area (Å²) in [5.41, 5.74) is 0. The van der Waals surface area contributed by atoms with Gasteiger partial charge >= 0.3 is 5.97 Å². The highest BCUT2D eigenvalue weighted by Crippen LogP contribution is 2.34. The van der Waals surface area contributed by atoms with Gasteiger partial charge in [-0.05, 0) is 18.2 Å². The van der Waals surface area contributed by atoms with Crippen molar-refractivity contribution >= 4 is 17.7 Å². The van der Waals surface area contributed by atoms with Crippen molar-refractivity contribution in [1.82, 2.24) is 5.32 Å². The van der Waals surface area contributed by atoms with Crippen LogP contribution in [-0.4, -0.2) is 44.1 Å². The summed E-state index contributed by atoms with van der Waals surface area (Å²) < 4.78 is 15.9. The first-order valence-electron chi connectivity index (χ1n) is 6.96. The Morgan fingerprint density at radius 3 is 2.71 bits per heavy atom. The van der Waals surface area contributed by atoms with E-state index in [-0.39, 0.29) is 18.1 Å². The molecule has 1 aromatic rings. The molecule has 1 unspecified atom stereocenters. The maximum Gasteiger partial charge on any atom is 0.323 e. The Hall–Kier alpha value is -1.40. The summed E-state index contributed by atoms with van der Waals surface area (Å²) in [6.45, 7) is 5.17. The Labute approximate surface area is 129 Å². The van der Waals surface area contributed by atoms with E-state index in [1.54, 1.807) is 11.8 Å². The second kappa shape index (κ2) is 7.56. The maximum atomic E-state index is 11.8. The fourth-order valence-electron chi connectivity index (χ4n) is 2.02. The molecule has 0 saturated carbocycles. The smallest absolute Gasteiger partial charge is 0.323 e. The van der Waals surface area contributed by atoms with Gasteiger partial charge in [-0.25, -0.2) is 0 Å². The van der Waals surface area contributed by atoms with Gasteiger partial charge in [-0.3, -0.25) is 4.79 Å². The summed E-state index contributed by atoms with van der Waals surface area (Å²) in [5.74, 6) is 1.90. The summed E-state index contributed by atoms with van der Waals surface area (Å²) in [7, 11) is 1.41. The van der Waals surface area contributed by atoms with Gasteiger partial charge in [0.05, 0.1) is 7.11 Å². The standard InChI is InChI=1S/C15H21NO4S/c1-10(2)16-12(15(17)18-3)9-21-11-4-5-13-14(8-11)20-7-6-19-13/h4-5,8,10,12,16H,6-7,9H2,1-3H3. The number of fused-ring (bicyclic) bond motifs is 1. The van der Waals surface area contributed by atoms with E-state index in [0.717, 1.165) is 16.4 Å². The minimum atomic E-state index is -0.326. The van der Waals surface area contributed by atoms with Crippen LogP contribution in [-0.2, 0) is 9.53 Å². The van der Waals surface area contributed by atoms with E-state index in [1.807, 2.05) is 32.0 Å². The van der Waals surface area contributed by atoms with Gasteiger partial charge in [0.1, 0.15) is 19.3 Å². The normalized spacial score (nSPS) is 14.9. The molecule has 2 rings (SSSR count). The van der Waals surface area contributed by atoms with E-state index in [0.29, 0.717) is 19.0 Å². The van der Waals surface area contributed by atoms with Crippen LogP contribution in [0.3, 0.4) is 0 Å². The highest BCUT2D eigenvalue weighted by molar-refractivity contribution is 7.99. The fraction of sp³-hybridized carbons (Fsp3) is 0.533. The molecule has 1 aromatic carbocycles. The molecule has 0 aliphatic carbocycles. The van der Waals surface area contributed by atoms with Gasteiger partial charge in [0.15, 0.2) is 11.5 Å². The van der Waals surface area contributed by atoms with Crippen LogP contribution in [0.2, 0.25) is 0 Å². The van der Waals surface area contributed by atoms with Crippen molar-refractivity contribution in [2.45, 2.75) is 30.8 Å². The molecule has 0 saturated heterocycles. The third kappa shape index (κ3) is 4.54. The van der Waals surface area contributed by atoms with Crippen LogP contribution >= 0.6 is 11.8 Å². The highest BCUT2D eigenvalue weighted by Gasteiger charge is 2.20. The number of carbonyl (C=O) groups is 1. The Morgan fingerprint density at radius 2 is 2.05 bits per heavy atom. The van der Waals surface area contributed by atoms with Crippen LogP contribution in [0.5, 0.6) is 11.5 Å². The summed E-state index contributed by atoms with van der Waals surface area (Å²) in [6.07, 6.45) is 0. The number of thioether (sulfide) groups is 1. The number of hydrogen-bond acceptors (Lipinski definition) is 6. The molecule has 0 aromatic heterocycles. The maximum absolute atomic E-state index is 11.8. The van der Waals surface area contributed by atoms with Crippen molar-refractivity contribution in [2.75, 3.05) is 26.1 Å². The monoisotopic (exact) mass is 311 g/mol. The average Bonchev–Trinajstić information content (AvgIpc) is 2.50. The summed E-state index contributed by atoms with van der Waals surface area (Å²) in [4.78, 5) is 12.8. The molecule has 1 N–H and O–H groups in total. The molecule has 1 aliphatic heterocycles. The minimum absolute atomic E-state index is 0.218. The molecule has 0 bridgehead atoms. The van der Waals surface area contributed by atoms with E-state index in [4.69, 9.17) is 14.2 Å². The van der Waals surface area contributed by atoms with Gasteiger partial charge in [-0.1, -0.05) is 13.8 Å². The van der Waals surface area contributed by atoms with Crippen LogP contribution < -0.4 is 14.8 Å². The highest BCUT2D eigenvalue weighted by atomic mass is 32.2. The number of ether oxygens (including phenoxy) is 3. The molecule has 1 atom stereocenters. The molecular formula is C15H21NO4S. The Bertz CT molecular complexity index is 493. The van der Waals surface area contributed by atoms with E-state index < -0.39 is 0 Å². The summed E-state index contributed by atoms with van der Waals surface area (Å²) in [6, 6.07) is 5.72. The number of benzene rings is 1. The molecule has 0 amide bonds. The van der Waals surface area contributed by atoms with Gasteiger partial charge in [-0.15, -0.1) is 11.8 Å². The third-order valence-corrected chi connectivity index (χ3v) is 4.04. The molecule has 116 valence electrons. The van der Waals surface area contributed by atoms with Crippen molar-refractivity contribution < 1.29 is 19.0 Å². The zero-order chi connectivity index (χ0) is 15.2. The lowest BCUT2D eigenvalue weighted by Crippen LogP contribution is -2.43. The third-order valence-electron chi connectivity index (χ3n) is 2.95. The van der Waals surface area contributed by atoms with Gasteiger partial charge in [0.25, 0.3) is 0 Å². The topological polar surface area (TPSA) is 56.8 Å². The molecular weight excluding hydrogens is 290 g/mol. The molecule has 0 radical (unpaired) electrons. The quantitative estimate of drug-likeness (QED) is 0.641. The SMILES string of the molecule is COC(=O)C(CSc1ccc2c(c1)OCCO2)NC(C)C. The molecule has 0 fully saturated rings. The van der Waals surface area contributed by atoms with Crippen LogP contribution in [0, 0.1) is 0 Å². The lowest BCUT2D eigenvalue weighted by molar-refractivity contribution is -0.142. The molecule has 21 heavy (non-hydrogen) atoms. The van der Waals surface area contributed by atoms with E-state index in [2.05, 4.69) is 5.32 Å². The lowest BCUT2D eigenvalue weighted by Gasteiger charge is -2.20. The average molecular weight is 311 g/mol. The van der Waals surface area contributed by atoms with E-state index >= 15 is 0 Å². The second-order valence-electron chi connectivity index (χ2n) is 5.01. The van der Waals surface area contributed by atoms with Crippen LogP contribution in [0.15, 0.2) is 23.1 Å². The zero-order valence-electron chi connectivity index (χ0n) is 12.5. The minimum Gasteiger partial charge on any atom is -0.486 e. The van der Waals surface area contributed by atoms with Gasteiger partial charge in [-0.2, -0.15) is 0 Å². The first-order valence-corrected chi connectivity index (χ1v) is 7.95. The van der Waals surface area contributed by atoms with Gasteiger partial charge < -0.3 is 19.5 Å². The summed E-state index contributed by atoms with van der Waals surface area (Å²) in [5, 5.41) is 3.21. The number of carbonyl (C=O) groups excluding carboxylic acids is 1. The van der Waals surface area contributed by atoms with Crippen molar-refractivity contribution in [1.29, 1.82) is 0 Å². The van der Waals surface area contributed by atoms with Crippen molar-refractivity contribution in [3.05, 3.63) is 18.2 Å². The fourth-order valence-corrected chi connectivity index (χ4v) is 2.97. The first-order chi connectivity index (χ1) is 10.1. The second-order valence-corrected chi connectivity index (χ2v) is 6.11. The number of methoxy groups -OCH3 is 1. The van der Waals surface area contributed by atoms with Crippen molar-refractivity contribution in [2.24, 2.45) is 0 Å². The van der Waals surface area contributed by atoms with Crippen LogP contribution in [0.25, 0.3) is 0 Å². The number of hydrogen-bond donors (Lipinski definition) is 1. The van der Waals surface area contributed by atoms with E-state index in [9.17, 15) is 4.79 Å². The van der Waals surface area contributed by atoms with Crippen LogP contribution in [0.4, 0.5) is 0 Å². The number of esters is 1.